The van der Waals surface area contributed by atoms with Crippen LogP contribution >= 0.6 is 0 Å². The predicted octanol–water partition coefficient (Wildman–Crippen LogP) is 4.58. The summed E-state index contributed by atoms with van der Waals surface area (Å²) in [6, 6.07) is 0. The van der Waals surface area contributed by atoms with Crippen LogP contribution in [0.15, 0.2) is 24.8 Å². The highest BCUT2D eigenvalue weighted by Gasteiger charge is 1.97. The minimum atomic E-state index is 0.772. The Morgan fingerprint density at radius 1 is 1.42 bits per heavy atom. The summed E-state index contributed by atoms with van der Waals surface area (Å²) in [5.41, 5.74) is 1.29. The third-order valence-electron chi connectivity index (χ3n) is 1.63. The molecule has 0 aliphatic carbocycles. The molecule has 0 aromatic rings. The second-order valence-corrected chi connectivity index (χ2v) is 3.13. The maximum absolute atomic E-state index is 3.86. The van der Waals surface area contributed by atoms with Crippen LogP contribution in [0.1, 0.15) is 47.0 Å². The van der Waals surface area contributed by atoms with Gasteiger partial charge in [-0.15, -0.1) is 13.2 Å². The van der Waals surface area contributed by atoms with Crippen LogP contribution < -0.4 is 0 Å². The van der Waals surface area contributed by atoms with Gasteiger partial charge in [-0.05, 0) is 32.1 Å². The van der Waals surface area contributed by atoms with Gasteiger partial charge in [-0.2, -0.15) is 0 Å². The standard InChI is InChI=1S/C10H18.C2H6/c1-5-6-10(4)8-7-9(2)3;1-2/h5,10H,1-2,6-8H2,3-4H3;1-2H3. The third-order valence-corrected chi connectivity index (χ3v) is 1.63. The number of hydrogen-bond acceptors (Lipinski definition) is 0. The highest BCUT2D eigenvalue weighted by atomic mass is 14.0. The van der Waals surface area contributed by atoms with Crippen molar-refractivity contribution >= 4 is 0 Å². The topological polar surface area (TPSA) is 0 Å². The summed E-state index contributed by atoms with van der Waals surface area (Å²) in [6.07, 6.45) is 5.53. The quantitative estimate of drug-likeness (QED) is 0.527. The van der Waals surface area contributed by atoms with Gasteiger partial charge < -0.3 is 0 Å². The van der Waals surface area contributed by atoms with Gasteiger partial charge in [0.05, 0.1) is 0 Å². The van der Waals surface area contributed by atoms with Crippen LogP contribution in [0.5, 0.6) is 0 Å². The van der Waals surface area contributed by atoms with Gasteiger partial charge in [-0.3, -0.25) is 0 Å². The summed E-state index contributed by atoms with van der Waals surface area (Å²) in [5.74, 6) is 0.772. The molecule has 0 aliphatic rings. The van der Waals surface area contributed by atoms with Crippen molar-refractivity contribution in [1.29, 1.82) is 0 Å². The average Bonchev–Trinajstić information content (AvgIpc) is 2.05. The molecule has 0 rings (SSSR count). The molecule has 0 fully saturated rings. The van der Waals surface area contributed by atoms with Crippen molar-refractivity contribution in [3.63, 3.8) is 0 Å². The molecule has 0 heterocycles. The average molecular weight is 168 g/mol. The maximum atomic E-state index is 3.86. The van der Waals surface area contributed by atoms with Gasteiger partial charge >= 0.3 is 0 Å². The molecule has 0 N–H and O–H groups in total. The SMILES string of the molecule is C=CCC(C)CCC(=C)C.CC. The summed E-state index contributed by atoms with van der Waals surface area (Å²) in [7, 11) is 0. The van der Waals surface area contributed by atoms with Crippen LogP contribution in [0.4, 0.5) is 0 Å². The van der Waals surface area contributed by atoms with E-state index < -0.39 is 0 Å². The molecular weight excluding hydrogens is 144 g/mol. The van der Waals surface area contributed by atoms with Gasteiger partial charge in [-0.25, -0.2) is 0 Å². The maximum Gasteiger partial charge on any atom is -0.0323 e. The molecule has 0 saturated carbocycles. The molecule has 0 bridgehead atoms. The van der Waals surface area contributed by atoms with E-state index in [1.165, 1.54) is 12.0 Å². The predicted molar refractivity (Wildman–Crippen MR) is 59.4 cm³/mol. The van der Waals surface area contributed by atoms with E-state index in [1.807, 2.05) is 19.9 Å². The van der Waals surface area contributed by atoms with E-state index in [9.17, 15) is 0 Å². The Morgan fingerprint density at radius 2 is 1.92 bits per heavy atom. The van der Waals surface area contributed by atoms with Gasteiger partial charge in [0, 0.05) is 0 Å². The molecule has 1 atom stereocenters. The minimum Gasteiger partial charge on any atom is -0.103 e. The number of allylic oxidation sites excluding steroid dienone is 2. The zero-order valence-corrected chi connectivity index (χ0v) is 9.19. The van der Waals surface area contributed by atoms with Crippen LogP contribution in [-0.4, -0.2) is 0 Å². The first-order chi connectivity index (χ1) is 5.66. The first kappa shape index (κ1) is 14.0. The lowest BCUT2D eigenvalue weighted by atomic mass is 10.00. The summed E-state index contributed by atoms with van der Waals surface area (Å²) in [4.78, 5) is 0. The van der Waals surface area contributed by atoms with Crippen LogP contribution in [0.25, 0.3) is 0 Å². The Bertz CT molecular complexity index is 111. The van der Waals surface area contributed by atoms with Crippen molar-refractivity contribution in [2.75, 3.05) is 0 Å². The zero-order chi connectivity index (χ0) is 9.98. The van der Waals surface area contributed by atoms with Crippen molar-refractivity contribution in [2.45, 2.75) is 47.0 Å². The van der Waals surface area contributed by atoms with Gasteiger partial charge in [0.25, 0.3) is 0 Å². The zero-order valence-electron chi connectivity index (χ0n) is 9.19. The lowest BCUT2D eigenvalue weighted by molar-refractivity contribution is 0.540. The normalized spacial score (nSPS) is 11.0. The van der Waals surface area contributed by atoms with Gasteiger partial charge in [-0.1, -0.05) is 32.4 Å². The fraction of sp³-hybridized carbons (Fsp3) is 0.667. The van der Waals surface area contributed by atoms with Crippen LogP contribution in [0, 0.1) is 5.92 Å². The van der Waals surface area contributed by atoms with Crippen molar-refractivity contribution in [1.82, 2.24) is 0 Å². The smallest absolute Gasteiger partial charge is 0.0323 e. The fourth-order valence-electron chi connectivity index (χ4n) is 0.895. The van der Waals surface area contributed by atoms with E-state index >= 15 is 0 Å². The summed E-state index contributed by atoms with van der Waals surface area (Å²) < 4.78 is 0. The lowest BCUT2D eigenvalue weighted by Crippen LogP contribution is -1.91. The Morgan fingerprint density at radius 3 is 2.25 bits per heavy atom. The van der Waals surface area contributed by atoms with Crippen LogP contribution in [-0.2, 0) is 0 Å². The van der Waals surface area contributed by atoms with E-state index in [0.29, 0.717) is 0 Å². The van der Waals surface area contributed by atoms with E-state index in [0.717, 1.165) is 18.8 Å². The molecule has 0 amide bonds. The fourth-order valence-corrected chi connectivity index (χ4v) is 0.895. The number of hydrogen-bond donors (Lipinski definition) is 0. The first-order valence-corrected chi connectivity index (χ1v) is 4.92. The molecule has 0 saturated heterocycles. The van der Waals surface area contributed by atoms with E-state index in [4.69, 9.17) is 0 Å². The Balaban J connectivity index is 0. The summed E-state index contributed by atoms with van der Waals surface area (Å²) >= 11 is 0. The molecular formula is C12H24. The minimum absolute atomic E-state index is 0.772. The highest BCUT2D eigenvalue weighted by molar-refractivity contribution is 4.88. The van der Waals surface area contributed by atoms with Crippen LogP contribution in [0.3, 0.4) is 0 Å². The highest BCUT2D eigenvalue weighted by Crippen LogP contribution is 2.13. The largest absolute Gasteiger partial charge is 0.103 e. The summed E-state index contributed by atoms with van der Waals surface area (Å²) in [5, 5.41) is 0. The van der Waals surface area contributed by atoms with Crippen molar-refractivity contribution in [3.8, 4) is 0 Å². The third kappa shape index (κ3) is 12.2. The van der Waals surface area contributed by atoms with Gasteiger partial charge in [0.2, 0.25) is 0 Å². The molecule has 12 heavy (non-hydrogen) atoms. The Labute approximate surface area is 78.4 Å². The molecule has 0 spiro atoms. The van der Waals surface area contributed by atoms with E-state index in [1.54, 1.807) is 0 Å². The van der Waals surface area contributed by atoms with Gasteiger partial charge in [0.1, 0.15) is 0 Å². The first-order valence-electron chi connectivity index (χ1n) is 4.92. The molecule has 0 heteroatoms. The monoisotopic (exact) mass is 168 g/mol. The molecule has 0 aromatic heterocycles. The molecule has 0 aromatic carbocycles. The Hall–Kier alpha value is -0.520. The molecule has 0 nitrogen and oxygen atoms in total. The van der Waals surface area contributed by atoms with Crippen molar-refractivity contribution in [3.05, 3.63) is 24.8 Å². The second kappa shape index (κ2) is 10.5. The number of rotatable bonds is 5. The second-order valence-electron chi connectivity index (χ2n) is 3.13. The molecule has 0 aliphatic heterocycles. The molecule has 72 valence electrons. The van der Waals surface area contributed by atoms with E-state index in [2.05, 4.69) is 27.0 Å². The van der Waals surface area contributed by atoms with Crippen LogP contribution in [0.2, 0.25) is 0 Å². The molecule has 0 radical (unpaired) electrons. The molecule has 1 unspecified atom stereocenters. The summed E-state index contributed by atoms with van der Waals surface area (Å²) in [6.45, 7) is 15.9. The Kier molecular flexibility index (Phi) is 12.3. The van der Waals surface area contributed by atoms with Gasteiger partial charge in [0.15, 0.2) is 0 Å². The van der Waals surface area contributed by atoms with Crippen molar-refractivity contribution < 1.29 is 0 Å². The van der Waals surface area contributed by atoms with Crippen molar-refractivity contribution in [2.24, 2.45) is 5.92 Å². The van der Waals surface area contributed by atoms with E-state index in [-0.39, 0.29) is 0 Å². The lowest BCUT2D eigenvalue weighted by Gasteiger charge is -2.06.